The minimum Gasteiger partial charge on any atom is -0.492 e. The molecular formula is C27H28FN7O2. The molecule has 1 aromatic carbocycles. The van der Waals surface area contributed by atoms with Crippen LogP contribution in [0.25, 0.3) is 39.1 Å². The van der Waals surface area contributed by atoms with Crippen LogP contribution in [0, 0.1) is 5.82 Å². The van der Waals surface area contributed by atoms with Gasteiger partial charge in [-0.1, -0.05) is 6.07 Å². The van der Waals surface area contributed by atoms with E-state index in [1.807, 2.05) is 28.2 Å². The predicted octanol–water partition coefficient (Wildman–Crippen LogP) is 5.04. The van der Waals surface area contributed by atoms with Crippen LogP contribution in [0.1, 0.15) is 45.4 Å². The van der Waals surface area contributed by atoms with Gasteiger partial charge in [0.15, 0.2) is 11.4 Å². The van der Waals surface area contributed by atoms with Crippen LogP contribution in [-0.4, -0.2) is 53.7 Å². The molecule has 37 heavy (non-hydrogen) atoms. The summed E-state index contributed by atoms with van der Waals surface area (Å²) in [7, 11) is 1.57. The van der Waals surface area contributed by atoms with Crippen LogP contribution in [0.15, 0.2) is 43.0 Å². The first kappa shape index (κ1) is 23.5. The molecule has 1 fully saturated rings. The molecule has 0 aliphatic carbocycles. The van der Waals surface area contributed by atoms with Crippen molar-refractivity contribution >= 4 is 16.8 Å². The minimum absolute atomic E-state index is 0.207. The number of halogens is 1. The van der Waals surface area contributed by atoms with E-state index < -0.39 is 0 Å². The molecule has 5 aromatic rings. The topological polar surface area (TPSA) is 92.2 Å². The minimum atomic E-state index is -0.366. The third kappa shape index (κ3) is 3.92. The molecule has 4 aromatic heterocycles. The number of benzene rings is 1. The largest absolute Gasteiger partial charge is 0.492 e. The summed E-state index contributed by atoms with van der Waals surface area (Å²) in [5.41, 5.74) is 4.31. The molecule has 0 saturated carbocycles. The van der Waals surface area contributed by atoms with E-state index >= 15 is 4.39 Å². The molecule has 190 valence electrons. The van der Waals surface area contributed by atoms with E-state index in [0.717, 1.165) is 41.9 Å². The van der Waals surface area contributed by atoms with E-state index in [-0.39, 0.29) is 17.3 Å². The summed E-state index contributed by atoms with van der Waals surface area (Å²) in [5, 5.41) is 17.4. The maximum Gasteiger partial charge on any atom is 0.203 e. The second-order valence-electron chi connectivity index (χ2n) is 9.97. The number of hydrogen-bond acceptors (Lipinski definition) is 7. The molecule has 9 nitrogen and oxygen atoms in total. The van der Waals surface area contributed by atoms with Crippen LogP contribution in [0.5, 0.6) is 5.75 Å². The van der Waals surface area contributed by atoms with Gasteiger partial charge in [0.25, 0.3) is 0 Å². The Kier molecular flexibility index (Phi) is 5.63. The lowest BCUT2D eigenvalue weighted by molar-refractivity contribution is -0.0604. The monoisotopic (exact) mass is 501 g/mol. The van der Waals surface area contributed by atoms with Gasteiger partial charge >= 0.3 is 0 Å². The molecule has 0 amide bonds. The Morgan fingerprint density at radius 3 is 2.76 bits per heavy atom. The van der Waals surface area contributed by atoms with Crippen molar-refractivity contribution in [2.24, 2.45) is 0 Å². The lowest BCUT2D eigenvalue weighted by Gasteiger charge is -2.34. The van der Waals surface area contributed by atoms with Crippen molar-refractivity contribution in [2.75, 3.05) is 13.7 Å². The zero-order chi connectivity index (χ0) is 25.7. The zero-order valence-electron chi connectivity index (χ0n) is 21.3. The number of imidazole rings is 1. The lowest BCUT2D eigenvalue weighted by atomic mass is 9.88. The molecule has 1 atom stereocenters. The fourth-order valence-corrected chi connectivity index (χ4v) is 5.31. The summed E-state index contributed by atoms with van der Waals surface area (Å²) in [5.74, 6) is 1.17. The van der Waals surface area contributed by atoms with Crippen molar-refractivity contribution in [3.63, 3.8) is 0 Å². The van der Waals surface area contributed by atoms with Gasteiger partial charge in [-0.2, -0.15) is 5.10 Å². The Balaban J connectivity index is 1.46. The molecule has 1 aliphatic heterocycles. The molecule has 1 unspecified atom stereocenters. The fraction of sp³-hybridized carbons (Fsp3) is 0.370. The zero-order valence-corrected chi connectivity index (χ0v) is 21.3. The Morgan fingerprint density at radius 2 is 1.97 bits per heavy atom. The highest BCUT2D eigenvalue weighted by Crippen LogP contribution is 2.40. The molecule has 0 bridgehead atoms. The van der Waals surface area contributed by atoms with Crippen LogP contribution in [0.4, 0.5) is 4.39 Å². The summed E-state index contributed by atoms with van der Waals surface area (Å²) in [4.78, 5) is 4.53. The van der Waals surface area contributed by atoms with Crippen molar-refractivity contribution < 1.29 is 13.9 Å². The van der Waals surface area contributed by atoms with Gasteiger partial charge in [-0.15, -0.1) is 15.3 Å². The first-order chi connectivity index (χ1) is 17.9. The van der Waals surface area contributed by atoms with Crippen LogP contribution in [-0.2, 0) is 11.3 Å². The van der Waals surface area contributed by atoms with E-state index in [0.29, 0.717) is 34.8 Å². The number of pyridine rings is 1. The van der Waals surface area contributed by atoms with E-state index in [1.54, 1.807) is 31.8 Å². The van der Waals surface area contributed by atoms with Crippen molar-refractivity contribution in [1.82, 2.24) is 34.3 Å². The Morgan fingerprint density at radius 1 is 1.11 bits per heavy atom. The maximum atomic E-state index is 15.3. The number of ether oxygens (including phenoxy) is 2. The molecule has 5 heterocycles. The predicted molar refractivity (Wildman–Crippen MR) is 137 cm³/mol. The fourth-order valence-electron chi connectivity index (χ4n) is 5.31. The summed E-state index contributed by atoms with van der Waals surface area (Å²) in [6.07, 6.45) is 7.01. The maximum absolute atomic E-state index is 15.3. The first-order valence-corrected chi connectivity index (χ1v) is 12.4. The molecule has 1 aliphatic rings. The standard InChI is InChI=1S/C27H28FN7O2/c1-5-34-15-29-22-20(14-30-31-25(22)34)16-6-7-21(28)19(12-16)18-8-10-35-24(32-33-26(35)23(18)36-4)17-9-11-37-27(2,3)13-17/h6-8,10,12,14-15,17H,5,9,11,13H2,1-4H3. The van der Waals surface area contributed by atoms with Gasteiger partial charge in [0, 0.05) is 42.0 Å². The molecule has 0 N–H and O–H groups in total. The van der Waals surface area contributed by atoms with Crippen molar-refractivity contribution in [1.29, 1.82) is 0 Å². The van der Waals surface area contributed by atoms with Crippen LogP contribution >= 0.6 is 0 Å². The van der Waals surface area contributed by atoms with E-state index in [1.165, 1.54) is 6.07 Å². The normalized spacial score (nSPS) is 17.5. The third-order valence-corrected chi connectivity index (χ3v) is 7.14. The molecule has 0 spiro atoms. The summed E-state index contributed by atoms with van der Waals surface area (Å²) in [6.45, 7) is 7.61. The van der Waals surface area contributed by atoms with E-state index in [2.05, 4.69) is 39.2 Å². The molecule has 1 saturated heterocycles. The number of hydrogen-bond donors (Lipinski definition) is 0. The molecule has 6 rings (SSSR count). The van der Waals surface area contributed by atoms with Crippen molar-refractivity contribution in [3.05, 3.63) is 54.6 Å². The van der Waals surface area contributed by atoms with Gasteiger partial charge in [0.05, 0.1) is 25.2 Å². The second kappa shape index (κ2) is 8.88. The highest BCUT2D eigenvalue weighted by atomic mass is 19.1. The Hall–Kier alpha value is -3.92. The van der Waals surface area contributed by atoms with Crippen molar-refractivity contribution in [3.8, 4) is 28.0 Å². The number of nitrogens with zero attached hydrogens (tertiary/aromatic N) is 7. The second-order valence-corrected chi connectivity index (χ2v) is 9.97. The lowest BCUT2D eigenvalue weighted by Crippen LogP contribution is -2.33. The SMILES string of the molecule is CCn1cnc2c(-c3ccc(F)c(-c4ccn5c(C6CCOC(C)(C)C6)nnc5c4OC)c3)cnnc21. The van der Waals surface area contributed by atoms with E-state index in [4.69, 9.17) is 9.47 Å². The van der Waals surface area contributed by atoms with Gasteiger partial charge in [0.1, 0.15) is 17.2 Å². The molecule has 0 radical (unpaired) electrons. The number of rotatable bonds is 5. The number of fused-ring (bicyclic) bond motifs is 2. The quantitative estimate of drug-likeness (QED) is 0.333. The van der Waals surface area contributed by atoms with Gasteiger partial charge in [0.2, 0.25) is 5.65 Å². The Labute approximate surface area is 213 Å². The van der Waals surface area contributed by atoms with Crippen LogP contribution < -0.4 is 4.74 Å². The van der Waals surface area contributed by atoms with Gasteiger partial charge < -0.3 is 14.0 Å². The summed E-state index contributed by atoms with van der Waals surface area (Å²) >= 11 is 0. The summed E-state index contributed by atoms with van der Waals surface area (Å²) < 4.78 is 30.8. The molecular weight excluding hydrogens is 473 g/mol. The van der Waals surface area contributed by atoms with Crippen molar-refractivity contribution in [2.45, 2.75) is 51.7 Å². The summed E-state index contributed by atoms with van der Waals surface area (Å²) in [6, 6.07) is 6.84. The number of aryl methyl sites for hydroxylation is 1. The van der Waals surface area contributed by atoms with Crippen LogP contribution in [0.2, 0.25) is 0 Å². The van der Waals surface area contributed by atoms with E-state index in [9.17, 15) is 0 Å². The Bertz CT molecular complexity index is 1620. The van der Waals surface area contributed by atoms with Gasteiger partial charge in [-0.25, -0.2) is 9.37 Å². The average Bonchev–Trinajstić information content (AvgIpc) is 3.52. The van der Waals surface area contributed by atoms with Crippen LogP contribution in [0.3, 0.4) is 0 Å². The highest BCUT2D eigenvalue weighted by Gasteiger charge is 2.33. The first-order valence-electron chi connectivity index (χ1n) is 12.4. The smallest absolute Gasteiger partial charge is 0.203 e. The van der Waals surface area contributed by atoms with Gasteiger partial charge in [-0.3, -0.25) is 4.40 Å². The number of aromatic nitrogens is 7. The average molecular weight is 502 g/mol. The van der Waals surface area contributed by atoms with Gasteiger partial charge in [-0.05, 0) is 57.4 Å². The number of methoxy groups -OCH3 is 1. The molecule has 10 heteroatoms. The third-order valence-electron chi connectivity index (χ3n) is 7.14. The highest BCUT2D eigenvalue weighted by molar-refractivity contribution is 5.91.